The third-order valence-electron chi connectivity index (χ3n) is 1.89. The van der Waals surface area contributed by atoms with Crippen LogP contribution in [-0.4, -0.2) is 38.4 Å². The lowest BCUT2D eigenvalue weighted by Gasteiger charge is -2.08. The summed E-state index contributed by atoms with van der Waals surface area (Å²) in [6.45, 7) is 0.396. The Morgan fingerprint density at radius 2 is 2.43 bits per heavy atom. The first-order valence-electron chi connectivity index (χ1n) is 4.23. The molecule has 1 aromatic rings. The normalized spacial score (nSPS) is 12.7. The van der Waals surface area contributed by atoms with Crippen molar-refractivity contribution in [2.45, 2.75) is 19.0 Å². The number of nitrogens with two attached hydrogens (primary N) is 1. The SMILES string of the molecule is N[C@@H](Cc1cncn1CCO)C(=O)O. The van der Waals surface area contributed by atoms with Crippen LogP contribution in [0.15, 0.2) is 12.5 Å². The Morgan fingerprint density at radius 3 is 3.00 bits per heavy atom. The first-order chi connectivity index (χ1) is 6.65. The standard InChI is InChI=1S/C8H13N3O3/c9-7(8(13)14)3-6-4-10-5-11(6)1-2-12/h4-5,7,12H,1-3,9H2,(H,13,14)/t7-/m0/s1. The van der Waals surface area contributed by atoms with Gasteiger partial charge in [-0.3, -0.25) is 4.79 Å². The minimum atomic E-state index is -1.04. The van der Waals surface area contributed by atoms with Crippen molar-refractivity contribution in [1.29, 1.82) is 0 Å². The van der Waals surface area contributed by atoms with Gasteiger partial charge in [-0.05, 0) is 0 Å². The first kappa shape index (κ1) is 10.7. The van der Waals surface area contributed by atoms with Crippen LogP contribution in [0, 0.1) is 0 Å². The fourth-order valence-electron chi connectivity index (χ4n) is 1.14. The highest BCUT2D eigenvalue weighted by molar-refractivity contribution is 5.73. The van der Waals surface area contributed by atoms with Crippen molar-refractivity contribution in [3.8, 4) is 0 Å². The second kappa shape index (κ2) is 4.73. The molecule has 0 fully saturated rings. The third kappa shape index (κ3) is 2.54. The Morgan fingerprint density at radius 1 is 1.71 bits per heavy atom. The van der Waals surface area contributed by atoms with E-state index in [1.165, 1.54) is 0 Å². The number of carbonyl (C=O) groups is 1. The summed E-state index contributed by atoms with van der Waals surface area (Å²) < 4.78 is 1.68. The van der Waals surface area contributed by atoms with Crippen molar-refractivity contribution in [1.82, 2.24) is 9.55 Å². The predicted molar refractivity (Wildman–Crippen MR) is 48.6 cm³/mol. The summed E-state index contributed by atoms with van der Waals surface area (Å²) in [6.07, 6.45) is 3.31. The van der Waals surface area contributed by atoms with Crippen molar-refractivity contribution in [2.24, 2.45) is 5.73 Å². The van der Waals surface area contributed by atoms with E-state index in [1.807, 2.05) is 0 Å². The summed E-state index contributed by atoms with van der Waals surface area (Å²) in [6, 6.07) is -0.927. The third-order valence-corrected chi connectivity index (χ3v) is 1.89. The maximum Gasteiger partial charge on any atom is 0.320 e. The molecular formula is C8H13N3O3. The summed E-state index contributed by atoms with van der Waals surface area (Å²) in [5.74, 6) is -1.04. The number of hydrogen-bond donors (Lipinski definition) is 3. The van der Waals surface area contributed by atoms with Gasteiger partial charge in [-0.25, -0.2) is 4.98 Å². The van der Waals surface area contributed by atoms with Gasteiger partial charge in [0, 0.05) is 24.9 Å². The molecular weight excluding hydrogens is 186 g/mol. The monoisotopic (exact) mass is 199 g/mol. The van der Waals surface area contributed by atoms with Crippen LogP contribution in [0.5, 0.6) is 0 Å². The molecule has 0 bridgehead atoms. The van der Waals surface area contributed by atoms with E-state index in [0.29, 0.717) is 12.2 Å². The molecule has 0 unspecified atom stereocenters. The molecule has 78 valence electrons. The molecule has 0 aliphatic carbocycles. The largest absolute Gasteiger partial charge is 0.480 e. The van der Waals surface area contributed by atoms with Gasteiger partial charge in [0.25, 0.3) is 0 Å². The lowest BCUT2D eigenvalue weighted by Crippen LogP contribution is -2.33. The average Bonchev–Trinajstić information content (AvgIpc) is 2.53. The molecule has 0 aliphatic rings. The molecule has 4 N–H and O–H groups in total. The Balaban J connectivity index is 2.66. The number of rotatable bonds is 5. The molecule has 0 aliphatic heterocycles. The number of nitrogens with zero attached hydrogens (tertiary/aromatic N) is 2. The maximum atomic E-state index is 10.5. The summed E-state index contributed by atoms with van der Waals surface area (Å²) in [4.78, 5) is 14.3. The molecule has 0 saturated carbocycles. The van der Waals surface area contributed by atoms with Gasteiger partial charge in [0.2, 0.25) is 0 Å². The Hall–Kier alpha value is -1.40. The van der Waals surface area contributed by atoms with Gasteiger partial charge in [-0.2, -0.15) is 0 Å². The van der Waals surface area contributed by atoms with Crippen molar-refractivity contribution in [3.05, 3.63) is 18.2 Å². The van der Waals surface area contributed by atoms with Crippen LogP contribution in [-0.2, 0) is 17.8 Å². The molecule has 14 heavy (non-hydrogen) atoms. The second-order valence-electron chi connectivity index (χ2n) is 2.95. The van der Waals surface area contributed by atoms with E-state index in [9.17, 15) is 4.79 Å². The van der Waals surface area contributed by atoms with Gasteiger partial charge in [0.15, 0.2) is 0 Å². The maximum absolute atomic E-state index is 10.5. The zero-order chi connectivity index (χ0) is 10.6. The zero-order valence-corrected chi connectivity index (χ0v) is 7.63. The number of aromatic nitrogens is 2. The number of imidazole rings is 1. The van der Waals surface area contributed by atoms with Crippen molar-refractivity contribution >= 4 is 5.97 Å². The average molecular weight is 199 g/mol. The molecule has 0 saturated heterocycles. The molecule has 1 atom stereocenters. The highest BCUT2D eigenvalue weighted by atomic mass is 16.4. The number of hydrogen-bond acceptors (Lipinski definition) is 4. The van der Waals surface area contributed by atoms with Gasteiger partial charge in [0.1, 0.15) is 6.04 Å². The quantitative estimate of drug-likeness (QED) is 0.554. The molecule has 6 nitrogen and oxygen atoms in total. The Bertz CT molecular complexity index is 311. The van der Waals surface area contributed by atoms with Gasteiger partial charge >= 0.3 is 5.97 Å². The van der Waals surface area contributed by atoms with Crippen LogP contribution in [0.1, 0.15) is 5.69 Å². The van der Waals surface area contributed by atoms with Crippen molar-refractivity contribution < 1.29 is 15.0 Å². The fourth-order valence-corrected chi connectivity index (χ4v) is 1.14. The summed E-state index contributed by atoms with van der Waals surface area (Å²) in [5.41, 5.74) is 6.09. The lowest BCUT2D eigenvalue weighted by molar-refractivity contribution is -0.138. The smallest absolute Gasteiger partial charge is 0.320 e. The minimum Gasteiger partial charge on any atom is -0.480 e. The zero-order valence-electron chi connectivity index (χ0n) is 7.63. The van der Waals surface area contributed by atoms with E-state index in [2.05, 4.69) is 4.98 Å². The van der Waals surface area contributed by atoms with Crippen LogP contribution in [0.3, 0.4) is 0 Å². The highest BCUT2D eigenvalue weighted by Gasteiger charge is 2.14. The van der Waals surface area contributed by atoms with E-state index in [0.717, 1.165) is 0 Å². The van der Waals surface area contributed by atoms with E-state index in [-0.39, 0.29) is 13.0 Å². The van der Waals surface area contributed by atoms with Gasteiger partial charge < -0.3 is 20.5 Å². The molecule has 1 rings (SSSR count). The number of carboxylic acid groups (broad SMARTS) is 1. The summed E-state index contributed by atoms with van der Waals surface area (Å²) in [5, 5.41) is 17.3. The summed E-state index contributed by atoms with van der Waals surface area (Å²) >= 11 is 0. The molecule has 1 aromatic heterocycles. The minimum absolute atomic E-state index is 0.00826. The van der Waals surface area contributed by atoms with Crippen LogP contribution in [0.2, 0.25) is 0 Å². The van der Waals surface area contributed by atoms with Gasteiger partial charge in [0.05, 0.1) is 12.9 Å². The molecule has 0 radical (unpaired) electrons. The number of aliphatic hydroxyl groups is 1. The van der Waals surface area contributed by atoms with E-state index in [4.69, 9.17) is 15.9 Å². The second-order valence-corrected chi connectivity index (χ2v) is 2.95. The van der Waals surface area contributed by atoms with E-state index < -0.39 is 12.0 Å². The lowest BCUT2D eigenvalue weighted by atomic mass is 10.2. The Kier molecular flexibility index (Phi) is 3.61. The fraction of sp³-hybridized carbons (Fsp3) is 0.500. The molecule has 0 amide bonds. The van der Waals surface area contributed by atoms with Crippen molar-refractivity contribution in [3.63, 3.8) is 0 Å². The predicted octanol–water partition coefficient (Wildman–Crippen LogP) is -1.17. The Labute approximate surface area is 81.0 Å². The van der Waals surface area contributed by atoms with Gasteiger partial charge in [-0.15, -0.1) is 0 Å². The van der Waals surface area contributed by atoms with Crippen LogP contribution < -0.4 is 5.73 Å². The van der Waals surface area contributed by atoms with Crippen molar-refractivity contribution in [2.75, 3.05) is 6.61 Å². The molecule has 1 heterocycles. The summed E-state index contributed by atoms with van der Waals surface area (Å²) in [7, 11) is 0. The van der Waals surface area contributed by atoms with Crippen LogP contribution in [0.4, 0.5) is 0 Å². The van der Waals surface area contributed by atoms with Gasteiger partial charge in [-0.1, -0.05) is 0 Å². The van der Waals surface area contributed by atoms with Crippen LogP contribution >= 0.6 is 0 Å². The molecule has 6 heteroatoms. The van der Waals surface area contributed by atoms with E-state index in [1.54, 1.807) is 17.1 Å². The number of aliphatic hydroxyl groups excluding tert-OH is 1. The number of carboxylic acids is 1. The highest BCUT2D eigenvalue weighted by Crippen LogP contribution is 2.02. The number of aliphatic carboxylic acids is 1. The first-order valence-corrected chi connectivity index (χ1v) is 4.23. The molecule has 0 spiro atoms. The molecule has 0 aromatic carbocycles. The van der Waals surface area contributed by atoms with E-state index >= 15 is 0 Å². The van der Waals surface area contributed by atoms with Crippen LogP contribution in [0.25, 0.3) is 0 Å². The topological polar surface area (TPSA) is 101 Å².